The van der Waals surface area contributed by atoms with Crippen molar-refractivity contribution in [2.75, 3.05) is 26.0 Å². The van der Waals surface area contributed by atoms with E-state index in [0.29, 0.717) is 12.2 Å². The van der Waals surface area contributed by atoms with Gasteiger partial charge < -0.3 is 16.0 Å². The van der Waals surface area contributed by atoms with E-state index in [4.69, 9.17) is 5.73 Å². The third-order valence-electron chi connectivity index (χ3n) is 2.95. The Balaban J connectivity index is 2.56. The molecule has 108 valence electrons. The van der Waals surface area contributed by atoms with E-state index in [-0.39, 0.29) is 5.91 Å². The van der Waals surface area contributed by atoms with Gasteiger partial charge in [-0.05, 0) is 27.4 Å². The maximum absolute atomic E-state index is 12.0. The van der Waals surface area contributed by atoms with Gasteiger partial charge in [0.2, 0.25) is 5.91 Å². The monoisotopic (exact) mass is 267 g/mol. The Hall–Kier alpha value is -1.40. The average molecular weight is 267 g/mol. The molecule has 1 amide bonds. The van der Waals surface area contributed by atoms with Crippen molar-refractivity contribution in [1.29, 1.82) is 0 Å². The quantitative estimate of drug-likeness (QED) is 0.769. The predicted molar refractivity (Wildman–Crippen MR) is 76.9 cm³/mol. The van der Waals surface area contributed by atoms with Gasteiger partial charge in [0, 0.05) is 18.8 Å². The van der Waals surface area contributed by atoms with Gasteiger partial charge in [-0.25, -0.2) is 0 Å². The topological polar surface area (TPSA) is 76.2 Å². The number of rotatable bonds is 7. The highest BCUT2D eigenvalue weighted by atomic mass is 16.2. The van der Waals surface area contributed by atoms with Crippen LogP contribution in [0.4, 0.5) is 5.82 Å². The van der Waals surface area contributed by atoms with E-state index in [1.54, 1.807) is 13.0 Å². The number of aromatic nitrogens is 2. The third-order valence-corrected chi connectivity index (χ3v) is 2.95. The van der Waals surface area contributed by atoms with E-state index in [1.165, 1.54) is 0 Å². The molecule has 1 aromatic heterocycles. The molecule has 0 aromatic carbocycles. The molecule has 19 heavy (non-hydrogen) atoms. The number of nitrogens with two attached hydrogens (primary N) is 1. The summed E-state index contributed by atoms with van der Waals surface area (Å²) in [6, 6.07) is 1.79. The second-order valence-electron chi connectivity index (χ2n) is 5.39. The number of nitrogens with zero attached hydrogens (tertiary/aromatic N) is 3. The van der Waals surface area contributed by atoms with Gasteiger partial charge in [0.05, 0.1) is 12.1 Å². The summed E-state index contributed by atoms with van der Waals surface area (Å²) in [6.45, 7) is 5.44. The molecule has 0 fully saturated rings. The van der Waals surface area contributed by atoms with Crippen LogP contribution in [0.1, 0.15) is 26.7 Å². The molecule has 0 saturated heterocycles. The van der Waals surface area contributed by atoms with Crippen molar-refractivity contribution in [1.82, 2.24) is 14.7 Å². The fraction of sp³-hybridized carbons (Fsp3) is 0.692. The second kappa shape index (κ2) is 6.68. The molecule has 1 unspecified atom stereocenters. The summed E-state index contributed by atoms with van der Waals surface area (Å²) in [5.41, 5.74) is 5.13. The number of nitrogens with one attached hydrogen (secondary N) is 1. The number of likely N-dealkylation sites (N-methyl/N-ethyl adjacent to an activating group) is 1. The SMILES string of the molecule is CCCC(C)(N)C(=O)Nc1ccn(CCN(C)C)n1. The van der Waals surface area contributed by atoms with Crippen LogP contribution in [-0.2, 0) is 11.3 Å². The zero-order chi connectivity index (χ0) is 14.5. The lowest BCUT2D eigenvalue weighted by molar-refractivity contribution is -0.120. The molecule has 0 spiro atoms. The maximum atomic E-state index is 12.0. The summed E-state index contributed by atoms with van der Waals surface area (Å²) < 4.78 is 1.81. The fourth-order valence-corrected chi connectivity index (χ4v) is 1.75. The van der Waals surface area contributed by atoms with E-state index in [9.17, 15) is 4.79 Å². The highest BCUT2D eigenvalue weighted by Crippen LogP contribution is 2.12. The van der Waals surface area contributed by atoms with Crippen LogP contribution in [0, 0.1) is 0 Å². The summed E-state index contributed by atoms with van der Waals surface area (Å²) in [5, 5.41) is 7.06. The van der Waals surface area contributed by atoms with Crippen molar-refractivity contribution in [2.24, 2.45) is 5.73 Å². The van der Waals surface area contributed by atoms with Crippen LogP contribution in [0.2, 0.25) is 0 Å². The Morgan fingerprint density at radius 3 is 2.84 bits per heavy atom. The Bertz CT molecular complexity index is 411. The van der Waals surface area contributed by atoms with Crippen molar-refractivity contribution in [3.05, 3.63) is 12.3 Å². The second-order valence-corrected chi connectivity index (χ2v) is 5.39. The molecule has 6 heteroatoms. The van der Waals surface area contributed by atoms with Gasteiger partial charge in [0.1, 0.15) is 0 Å². The van der Waals surface area contributed by atoms with E-state index >= 15 is 0 Å². The smallest absolute Gasteiger partial charge is 0.245 e. The first-order valence-corrected chi connectivity index (χ1v) is 6.63. The first-order valence-electron chi connectivity index (χ1n) is 6.63. The number of hydrogen-bond acceptors (Lipinski definition) is 4. The molecule has 0 aliphatic heterocycles. The lowest BCUT2D eigenvalue weighted by atomic mass is 9.97. The van der Waals surface area contributed by atoms with E-state index < -0.39 is 5.54 Å². The van der Waals surface area contributed by atoms with Crippen molar-refractivity contribution >= 4 is 11.7 Å². The standard InChI is InChI=1S/C13H25N5O/c1-5-7-13(2,14)12(19)15-11-6-8-18(16-11)10-9-17(3)4/h6,8H,5,7,9-10,14H2,1-4H3,(H,15,16,19). The average Bonchev–Trinajstić information content (AvgIpc) is 2.74. The normalized spacial score (nSPS) is 14.4. The Morgan fingerprint density at radius 1 is 1.58 bits per heavy atom. The molecular weight excluding hydrogens is 242 g/mol. The zero-order valence-electron chi connectivity index (χ0n) is 12.3. The van der Waals surface area contributed by atoms with Crippen LogP contribution >= 0.6 is 0 Å². The molecule has 3 N–H and O–H groups in total. The highest BCUT2D eigenvalue weighted by Gasteiger charge is 2.27. The molecular formula is C13H25N5O. The van der Waals surface area contributed by atoms with Crippen molar-refractivity contribution in [2.45, 2.75) is 38.8 Å². The fourth-order valence-electron chi connectivity index (χ4n) is 1.75. The summed E-state index contributed by atoms with van der Waals surface area (Å²) in [6.07, 6.45) is 3.38. The number of anilines is 1. The molecule has 0 aliphatic carbocycles. The van der Waals surface area contributed by atoms with Crippen molar-refractivity contribution in [3.8, 4) is 0 Å². The van der Waals surface area contributed by atoms with Crippen LogP contribution in [0.5, 0.6) is 0 Å². The van der Waals surface area contributed by atoms with Crippen molar-refractivity contribution < 1.29 is 4.79 Å². The number of hydrogen-bond donors (Lipinski definition) is 2. The minimum atomic E-state index is -0.845. The third kappa shape index (κ3) is 5.00. The number of amides is 1. The van der Waals surface area contributed by atoms with Crippen LogP contribution in [0.15, 0.2) is 12.3 Å². The Labute approximate surface area is 114 Å². The van der Waals surface area contributed by atoms with Gasteiger partial charge >= 0.3 is 0 Å². The number of carbonyl (C=O) groups excluding carboxylic acids is 1. The molecule has 0 saturated carbocycles. The molecule has 0 aliphatic rings. The molecule has 1 aromatic rings. The largest absolute Gasteiger partial charge is 0.318 e. The van der Waals surface area contributed by atoms with Gasteiger partial charge in [0.25, 0.3) is 0 Å². The maximum Gasteiger partial charge on any atom is 0.245 e. The molecule has 1 atom stereocenters. The van der Waals surface area contributed by atoms with Crippen LogP contribution in [0.3, 0.4) is 0 Å². The minimum Gasteiger partial charge on any atom is -0.318 e. The van der Waals surface area contributed by atoms with Crippen LogP contribution < -0.4 is 11.1 Å². The van der Waals surface area contributed by atoms with Crippen molar-refractivity contribution in [3.63, 3.8) is 0 Å². The van der Waals surface area contributed by atoms with Crippen LogP contribution in [0.25, 0.3) is 0 Å². The molecule has 1 rings (SSSR count). The van der Waals surface area contributed by atoms with Gasteiger partial charge in [0.15, 0.2) is 5.82 Å². The van der Waals surface area contributed by atoms with E-state index in [0.717, 1.165) is 19.5 Å². The molecule has 6 nitrogen and oxygen atoms in total. The lowest BCUT2D eigenvalue weighted by Crippen LogP contribution is -2.48. The van der Waals surface area contributed by atoms with E-state index in [2.05, 4.69) is 15.3 Å². The Kier molecular flexibility index (Phi) is 5.50. The first-order chi connectivity index (χ1) is 8.85. The number of carbonyl (C=O) groups is 1. The summed E-state index contributed by atoms with van der Waals surface area (Å²) >= 11 is 0. The lowest BCUT2D eigenvalue weighted by Gasteiger charge is -2.21. The van der Waals surface area contributed by atoms with Gasteiger partial charge in [-0.1, -0.05) is 13.3 Å². The van der Waals surface area contributed by atoms with Gasteiger partial charge in [-0.2, -0.15) is 5.10 Å². The molecule has 1 heterocycles. The zero-order valence-corrected chi connectivity index (χ0v) is 12.3. The summed E-state index contributed by atoms with van der Waals surface area (Å²) in [4.78, 5) is 14.1. The van der Waals surface area contributed by atoms with Crippen LogP contribution in [-0.4, -0.2) is 46.8 Å². The Morgan fingerprint density at radius 2 is 2.26 bits per heavy atom. The first kappa shape index (κ1) is 15.7. The summed E-state index contributed by atoms with van der Waals surface area (Å²) in [5.74, 6) is 0.365. The molecule has 0 bridgehead atoms. The van der Waals surface area contributed by atoms with Gasteiger partial charge in [-0.3, -0.25) is 9.48 Å². The van der Waals surface area contributed by atoms with Gasteiger partial charge in [-0.15, -0.1) is 0 Å². The highest BCUT2D eigenvalue weighted by molar-refractivity contribution is 5.96. The molecule has 0 radical (unpaired) electrons. The summed E-state index contributed by atoms with van der Waals surface area (Å²) in [7, 11) is 4.02. The van der Waals surface area contributed by atoms with E-state index in [1.807, 2.05) is 31.9 Å². The minimum absolute atomic E-state index is 0.188. The predicted octanol–water partition coefficient (Wildman–Crippen LogP) is 0.901.